The van der Waals surface area contributed by atoms with Crippen LogP contribution in [0.5, 0.6) is 0 Å². The number of aryl methyl sites for hydroxylation is 1. The molecule has 0 atom stereocenters. The zero-order valence-corrected chi connectivity index (χ0v) is 20.1. The third-order valence-corrected chi connectivity index (χ3v) is 4.89. The van der Waals surface area contributed by atoms with E-state index in [0.29, 0.717) is 0 Å². The summed E-state index contributed by atoms with van der Waals surface area (Å²) in [5, 5.41) is 0. The third kappa shape index (κ3) is 6.11. The van der Waals surface area contributed by atoms with Crippen molar-refractivity contribution in [3.8, 4) is 33.5 Å². The molecule has 0 saturated heterocycles. The minimum atomic E-state index is 0. The van der Waals surface area contributed by atoms with Gasteiger partial charge in [-0.1, -0.05) is 60.5 Å². The maximum Gasteiger partial charge on any atom is 3.00 e. The predicted molar refractivity (Wildman–Crippen MR) is 128 cm³/mol. The van der Waals surface area contributed by atoms with Crippen molar-refractivity contribution in [3.05, 3.63) is 139 Å². The van der Waals surface area contributed by atoms with E-state index in [1.807, 2.05) is 66.7 Å². The Morgan fingerprint density at radius 3 is 1.88 bits per heavy atom. The van der Waals surface area contributed by atoms with Gasteiger partial charge in [-0.25, -0.2) is 11.1 Å². The molecule has 2 heteroatoms. The molecule has 1 heterocycles. The van der Waals surface area contributed by atoms with Crippen molar-refractivity contribution >= 4 is 0 Å². The first-order valence-electron chi connectivity index (χ1n) is 10.2. The number of nitrogens with zero attached hydrogens (tertiary/aromatic N) is 1. The Morgan fingerprint density at radius 1 is 0.625 bits per heavy atom. The van der Waals surface area contributed by atoms with E-state index in [4.69, 9.17) is 0 Å². The molecule has 32 heavy (non-hydrogen) atoms. The molecule has 0 spiro atoms. The van der Waals surface area contributed by atoms with Crippen LogP contribution in [0.15, 0.2) is 115 Å². The minimum absolute atomic E-state index is 0. The molecule has 1 nitrogen and oxygen atoms in total. The smallest absolute Gasteiger partial charge is 0.305 e. The summed E-state index contributed by atoms with van der Waals surface area (Å²) in [6.45, 7) is 2.14. The van der Waals surface area contributed by atoms with Gasteiger partial charge in [-0.05, 0) is 11.8 Å². The van der Waals surface area contributed by atoms with E-state index in [-0.39, 0.29) is 20.1 Å². The van der Waals surface area contributed by atoms with Crippen molar-refractivity contribution < 1.29 is 20.1 Å². The quantitative estimate of drug-likeness (QED) is 0.199. The minimum Gasteiger partial charge on any atom is -0.305 e. The molecule has 0 aliphatic carbocycles. The fourth-order valence-corrected chi connectivity index (χ4v) is 3.32. The number of hydrogen-bond acceptors (Lipinski definition) is 1. The maximum atomic E-state index is 4.22. The van der Waals surface area contributed by atoms with E-state index in [0.717, 1.165) is 22.4 Å². The molecule has 1 aromatic heterocycles. The van der Waals surface area contributed by atoms with Crippen LogP contribution >= 0.6 is 0 Å². The molecule has 5 rings (SSSR count). The van der Waals surface area contributed by atoms with Gasteiger partial charge in [0, 0.05) is 6.20 Å². The fourth-order valence-electron chi connectivity index (χ4n) is 3.32. The fraction of sp³-hybridized carbons (Fsp3) is 0.0333. The standard InChI is InChI=1S/C19H14.C11H8N.Ir/c1-15-14-18(16-8-4-2-5-9-16)12-13-19(15)17-10-6-3-7-11-17;1-2-6-10(7-3-1)11-8-4-5-9-12-11;/h2-8,10-11,13-14H,1H3;1-6,8-9H;/q-2;-1;+3. The largest absolute Gasteiger partial charge is 3.00 e. The van der Waals surface area contributed by atoms with Gasteiger partial charge in [0.1, 0.15) is 0 Å². The topological polar surface area (TPSA) is 12.9 Å². The summed E-state index contributed by atoms with van der Waals surface area (Å²) >= 11 is 0. The predicted octanol–water partition coefficient (Wildman–Crippen LogP) is 7.48. The van der Waals surface area contributed by atoms with Gasteiger partial charge in [0.25, 0.3) is 0 Å². The van der Waals surface area contributed by atoms with Crippen molar-refractivity contribution in [1.29, 1.82) is 0 Å². The molecule has 156 valence electrons. The second-order valence-electron chi connectivity index (χ2n) is 7.08. The first-order valence-corrected chi connectivity index (χ1v) is 10.2. The molecule has 0 fully saturated rings. The zero-order valence-electron chi connectivity index (χ0n) is 17.8. The molecule has 0 aliphatic heterocycles. The summed E-state index contributed by atoms with van der Waals surface area (Å²) in [7, 11) is 0. The Balaban J connectivity index is 0.000000193. The summed E-state index contributed by atoms with van der Waals surface area (Å²) in [4.78, 5) is 4.22. The number of rotatable bonds is 3. The second kappa shape index (κ2) is 11.9. The van der Waals surface area contributed by atoms with Crippen LogP contribution in [0.1, 0.15) is 5.56 Å². The SMILES string of the molecule is Cc1cc(-c2[c-]cccc2)[c-]cc1-c1ccccc1.[Ir+3].[c-]1ccccc1-c1ccccn1. The van der Waals surface area contributed by atoms with Crippen molar-refractivity contribution in [2.75, 3.05) is 0 Å². The van der Waals surface area contributed by atoms with Gasteiger partial charge >= 0.3 is 20.1 Å². The Labute approximate surface area is 204 Å². The van der Waals surface area contributed by atoms with E-state index in [1.54, 1.807) is 6.20 Å². The first kappa shape index (κ1) is 23.3. The van der Waals surface area contributed by atoms with Gasteiger partial charge in [-0.3, -0.25) is 0 Å². The van der Waals surface area contributed by atoms with Crippen LogP contribution in [0.2, 0.25) is 0 Å². The number of benzene rings is 4. The Bertz CT molecular complexity index is 1170. The molecule has 4 aromatic carbocycles. The average molecular weight is 589 g/mol. The Kier molecular flexibility index (Phi) is 8.69. The molecule has 0 bridgehead atoms. The van der Waals surface area contributed by atoms with Crippen LogP contribution in [-0.2, 0) is 20.1 Å². The molecule has 0 aliphatic rings. The van der Waals surface area contributed by atoms with Gasteiger partial charge in [-0.15, -0.1) is 53.6 Å². The normalized spacial score (nSPS) is 9.78. The van der Waals surface area contributed by atoms with E-state index in [2.05, 4.69) is 72.6 Å². The monoisotopic (exact) mass is 589 g/mol. The maximum absolute atomic E-state index is 4.22. The summed E-state index contributed by atoms with van der Waals surface area (Å²) < 4.78 is 0. The van der Waals surface area contributed by atoms with E-state index in [9.17, 15) is 0 Å². The van der Waals surface area contributed by atoms with Crippen molar-refractivity contribution in [1.82, 2.24) is 4.98 Å². The van der Waals surface area contributed by atoms with Crippen LogP contribution < -0.4 is 0 Å². The molecule has 0 amide bonds. The molecule has 5 aromatic rings. The average Bonchev–Trinajstić information content (AvgIpc) is 2.86. The number of pyridine rings is 1. The zero-order chi connectivity index (χ0) is 21.3. The van der Waals surface area contributed by atoms with Crippen LogP contribution in [0.4, 0.5) is 0 Å². The molecular formula is C30H22IrN. The van der Waals surface area contributed by atoms with Gasteiger partial charge in [0.15, 0.2) is 0 Å². The van der Waals surface area contributed by atoms with Gasteiger partial charge in [0.2, 0.25) is 0 Å². The molecule has 0 saturated carbocycles. The summed E-state index contributed by atoms with van der Waals surface area (Å²) in [6.07, 6.45) is 1.79. The Morgan fingerprint density at radius 2 is 1.28 bits per heavy atom. The first-order chi connectivity index (χ1) is 15.3. The van der Waals surface area contributed by atoms with Crippen LogP contribution in [0.3, 0.4) is 0 Å². The second-order valence-corrected chi connectivity index (χ2v) is 7.08. The van der Waals surface area contributed by atoms with Gasteiger partial charge in [0.05, 0.1) is 0 Å². The summed E-state index contributed by atoms with van der Waals surface area (Å²) in [5.41, 5.74) is 7.93. The van der Waals surface area contributed by atoms with Gasteiger partial charge < -0.3 is 4.98 Å². The van der Waals surface area contributed by atoms with Crippen molar-refractivity contribution in [3.63, 3.8) is 0 Å². The third-order valence-electron chi connectivity index (χ3n) is 4.89. The van der Waals surface area contributed by atoms with Crippen LogP contribution in [0, 0.1) is 25.1 Å². The Hall–Kier alpha value is -3.32. The number of hydrogen-bond donors (Lipinski definition) is 0. The summed E-state index contributed by atoms with van der Waals surface area (Å²) in [6, 6.07) is 46.1. The number of aromatic nitrogens is 1. The van der Waals surface area contributed by atoms with Crippen LogP contribution in [-0.4, -0.2) is 4.98 Å². The van der Waals surface area contributed by atoms with E-state index < -0.39 is 0 Å². The van der Waals surface area contributed by atoms with E-state index in [1.165, 1.54) is 16.7 Å². The molecule has 0 unspecified atom stereocenters. The molecule has 0 N–H and O–H groups in total. The van der Waals surface area contributed by atoms with Crippen LogP contribution in [0.25, 0.3) is 33.5 Å². The summed E-state index contributed by atoms with van der Waals surface area (Å²) in [5.74, 6) is 0. The molecule has 0 radical (unpaired) electrons. The van der Waals surface area contributed by atoms with Crippen molar-refractivity contribution in [2.45, 2.75) is 6.92 Å². The van der Waals surface area contributed by atoms with E-state index >= 15 is 0 Å². The molecular weight excluding hydrogens is 567 g/mol. The van der Waals surface area contributed by atoms with Crippen molar-refractivity contribution in [2.24, 2.45) is 0 Å². The van der Waals surface area contributed by atoms with Gasteiger partial charge in [-0.2, -0.15) is 36.4 Å².